The summed E-state index contributed by atoms with van der Waals surface area (Å²) in [5, 5.41) is 11.6. The van der Waals surface area contributed by atoms with Crippen molar-refractivity contribution in [1.82, 2.24) is 4.57 Å². The minimum Gasteiger partial charge on any atom is -0.489 e. The van der Waals surface area contributed by atoms with Gasteiger partial charge < -0.3 is 14.7 Å². The summed E-state index contributed by atoms with van der Waals surface area (Å²) in [6.07, 6.45) is 3.22. The van der Waals surface area contributed by atoms with Crippen LogP contribution in [0.3, 0.4) is 0 Å². The van der Waals surface area contributed by atoms with Gasteiger partial charge in [-0.25, -0.2) is 9.13 Å². The molecule has 0 bridgehead atoms. The van der Waals surface area contributed by atoms with E-state index in [1.807, 2.05) is 22.8 Å². The van der Waals surface area contributed by atoms with E-state index in [9.17, 15) is 5.11 Å². The summed E-state index contributed by atoms with van der Waals surface area (Å²) in [7, 11) is 0. The molecule has 1 aliphatic heterocycles. The minimum atomic E-state index is -0.744. The Labute approximate surface area is 192 Å². The molecule has 0 unspecified atom stereocenters. The number of likely N-dealkylation sites (tertiary alicyclic amines) is 1. The zero-order chi connectivity index (χ0) is 21.8. The number of hydrogen-bond donors (Lipinski definition) is 3. The molecule has 1 atom stereocenters. The third-order valence-electron chi connectivity index (χ3n) is 5.98. The van der Waals surface area contributed by atoms with Crippen LogP contribution in [0.4, 0.5) is 5.95 Å². The molecule has 4 rings (SSSR count). The zero-order valence-corrected chi connectivity index (χ0v) is 19.1. The number of ether oxygens (including phenoxy) is 1. The first-order valence-corrected chi connectivity index (χ1v) is 11.6. The van der Waals surface area contributed by atoms with Gasteiger partial charge in [0.2, 0.25) is 0 Å². The molecular formula is C23H30Cl2N4O2+2. The molecule has 166 valence electrons. The number of nitrogens with two attached hydrogens (primary N) is 1. The maximum absolute atomic E-state index is 10.7. The fourth-order valence-corrected chi connectivity index (χ4v) is 4.82. The molecule has 1 fully saturated rings. The van der Waals surface area contributed by atoms with E-state index in [2.05, 4.69) is 10.6 Å². The van der Waals surface area contributed by atoms with Gasteiger partial charge in [0.05, 0.1) is 18.1 Å². The molecule has 4 N–H and O–H groups in total. The Hall–Kier alpha value is -1.99. The van der Waals surface area contributed by atoms with E-state index in [4.69, 9.17) is 33.7 Å². The minimum absolute atomic E-state index is 0.102. The van der Waals surface area contributed by atoms with E-state index < -0.39 is 6.10 Å². The highest BCUT2D eigenvalue weighted by molar-refractivity contribution is 6.35. The Bertz CT molecular complexity index is 1030. The van der Waals surface area contributed by atoms with Crippen LogP contribution in [0.25, 0.3) is 11.0 Å². The lowest BCUT2D eigenvalue weighted by Gasteiger charge is -2.22. The molecule has 1 aromatic heterocycles. The van der Waals surface area contributed by atoms with Gasteiger partial charge >= 0.3 is 5.95 Å². The Balaban J connectivity index is 1.47. The number of para-hydroxylation sites is 2. The summed E-state index contributed by atoms with van der Waals surface area (Å²) in [6.45, 7) is 4.84. The average molecular weight is 465 g/mol. The topological polar surface area (TPSA) is 68.7 Å². The van der Waals surface area contributed by atoms with Crippen molar-refractivity contribution in [2.45, 2.75) is 38.5 Å². The van der Waals surface area contributed by atoms with Crippen LogP contribution >= 0.6 is 23.2 Å². The maximum atomic E-state index is 10.7. The van der Waals surface area contributed by atoms with Crippen molar-refractivity contribution < 1.29 is 19.3 Å². The number of nitrogen functional groups attached to an aromatic ring is 1. The Kier molecular flexibility index (Phi) is 7.23. The van der Waals surface area contributed by atoms with Crippen LogP contribution in [0.5, 0.6) is 5.75 Å². The SMILES string of the molecule is Nc1n(CC[NH+]2CCCCC2)c2ccccc2[n+]1C[C@H](O)COc1ccc(Cl)cc1Cl. The predicted octanol–water partition coefficient (Wildman–Crippen LogP) is 2.33. The number of imidazole rings is 1. The molecular weight excluding hydrogens is 435 g/mol. The molecule has 0 radical (unpaired) electrons. The first kappa shape index (κ1) is 22.2. The molecule has 31 heavy (non-hydrogen) atoms. The maximum Gasteiger partial charge on any atom is 0.356 e. The van der Waals surface area contributed by atoms with E-state index in [0.717, 1.165) is 24.1 Å². The normalized spacial score (nSPS) is 16.0. The van der Waals surface area contributed by atoms with E-state index in [1.165, 1.54) is 32.4 Å². The molecule has 0 spiro atoms. The van der Waals surface area contributed by atoms with E-state index in [1.54, 1.807) is 23.1 Å². The molecule has 1 aliphatic rings. The standard InChI is InChI=1S/C23H28Cl2N4O2/c24-17-8-9-22(19(25)14-17)31-16-18(30)15-29-21-7-3-2-6-20(21)28(23(29)26)13-12-27-10-4-1-5-11-27/h2-3,6-9,14,18,26,30H,1,4-5,10-13,15-16H2/p+2/t18-/m0/s1. The molecule has 0 amide bonds. The number of rotatable bonds is 8. The molecule has 0 saturated carbocycles. The van der Waals surface area contributed by atoms with Crippen LogP contribution in [0, 0.1) is 0 Å². The Morgan fingerprint density at radius 2 is 1.90 bits per heavy atom. The van der Waals surface area contributed by atoms with Crippen molar-refractivity contribution in [3.05, 3.63) is 52.5 Å². The average Bonchev–Trinajstić information content (AvgIpc) is 3.03. The van der Waals surface area contributed by atoms with Gasteiger partial charge in [-0.2, -0.15) is 0 Å². The fraction of sp³-hybridized carbons (Fsp3) is 0.435. The van der Waals surface area contributed by atoms with E-state index >= 15 is 0 Å². The van der Waals surface area contributed by atoms with Crippen molar-refractivity contribution in [3.8, 4) is 5.75 Å². The van der Waals surface area contributed by atoms with Crippen molar-refractivity contribution in [2.75, 3.05) is 32.0 Å². The summed E-state index contributed by atoms with van der Waals surface area (Å²) in [5.74, 6) is 1.15. The molecule has 8 heteroatoms. The van der Waals surface area contributed by atoms with Crippen molar-refractivity contribution in [2.24, 2.45) is 0 Å². The van der Waals surface area contributed by atoms with Gasteiger partial charge in [0.15, 0.2) is 0 Å². The zero-order valence-electron chi connectivity index (χ0n) is 17.6. The van der Waals surface area contributed by atoms with Crippen LogP contribution in [0.2, 0.25) is 10.0 Å². The highest BCUT2D eigenvalue weighted by Crippen LogP contribution is 2.27. The van der Waals surface area contributed by atoms with Crippen molar-refractivity contribution >= 4 is 40.2 Å². The molecule has 3 aromatic rings. The number of hydrogen-bond acceptors (Lipinski definition) is 3. The summed E-state index contributed by atoms with van der Waals surface area (Å²) >= 11 is 12.1. The van der Waals surface area contributed by atoms with Gasteiger partial charge in [0.1, 0.15) is 49.1 Å². The first-order chi connectivity index (χ1) is 15.0. The number of anilines is 1. The number of fused-ring (bicyclic) bond motifs is 1. The number of benzene rings is 2. The smallest absolute Gasteiger partial charge is 0.356 e. The van der Waals surface area contributed by atoms with Crippen molar-refractivity contribution in [1.29, 1.82) is 0 Å². The summed E-state index contributed by atoms with van der Waals surface area (Å²) in [5.41, 5.74) is 8.66. The monoisotopic (exact) mass is 464 g/mol. The Morgan fingerprint density at radius 1 is 1.13 bits per heavy atom. The molecule has 2 heterocycles. The van der Waals surface area contributed by atoms with Crippen LogP contribution in [-0.4, -0.2) is 42.0 Å². The number of quaternary nitrogens is 1. The van der Waals surface area contributed by atoms with Crippen molar-refractivity contribution in [3.63, 3.8) is 0 Å². The van der Waals surface area contributed by atoms with Gasteiger partial charge in [-0.05, 0) is 49.6 Å². The number of aliphatic hydroxyl groups excluding tert-OH is 1. The molecule has 1 saturated heterocycles. The lowest BCUT2D eigenvalue weighted by Crippen LogP contribution is -3.13. The van der Waals surface area contributed by atoms with Gasteiger partial charge in [-0.3, -0.25) is 5.73 Å². The second-order valence-corrected chi connectivity index (χ2v) is 9.05. The number of aromatic nitrogens is 2. The highest BCUT2D eigenvalue weighted by Gasteiger charge is 2.24. The fourth-order valence-electron chi connectivity index (χ4n) is 4.35. The summed E-state index contributed by atoms with van der Waals surface area (Å²) in [6, 6.07) is 13.2. The molecule has 0 aliphatic carbocycles. The highest BCUT2D eigenvalue weighted by atomic mass is 35.5. The summed E-state index contributed by atoms with van der Waals surface area (Å²) in [4.78, 5) is 1.64. The van der Waals surface area contributed by atoms with Gasteiger partial charge in [0.25, 0.3) is 0 Å². The molecule has 6 nitrogen and oxygen atoms in total. The second kappa shape index (κ2) is 10.1. The summed E-state index contributed by atoms with van der Waals surface area (Å²) < 4.78 is 9.84. The number of aliphatic hydroxyl groups is 1. The largest absolute Gasteiger partial charge is 0.489 e. The first-order valence-electron chi connectivity index (χ1n) is 10.9. The third kappa shape index (κ3) is 5.26. The van der Waals surface area contributed by atoms with Crippen LogP contribution in [0.15, 0.2) is 42.5 Å². The van der Waals surface area contributed by atoms with Crippen LogP contribution in [0.1, 0.15) is 19.3 Å². The van der Waals surface area contributed by atoms with Crippen LogP contribution < -0.4 is 19.9 Å². The number of piperidine rings is 1. The molecule has 2 aromatic carbocycles. The second-order valence-electron chi connectivity index (χ2n) is 8.21. The number of halogens is 2. The predicted molar refractivity (Wildman–Crippen MR) is 124 cm³/mol. The Morgan fingerprint density at radius 3 is 2.68 bits per heavy atom. The van der Waals surface area contributed by atoms with Gasteiger partial charge in [-0.1, -0.05) is 35.3 Å². The van der Waals surface area contributed by atoms with Gasteiger partial charge in [0, 0.05) is 5.02 Å². The third-order valence-corrected chi connectivity index (χ3v) is 6.51. The number of nitrogens with one attached hydrogen (secondary N) is 1. The lowest BCUT2D eigenvalue weighted by molar-refractivity contribution is -0.905. The van der Waals surface area contributed by atoms with Crippen LogP contribution in [-0.2, 0) is 13.1 Å². The lowest BCUT2D eigenvalue weighted by atomic mass is 10.1. The quantitative estimate of drug-likeness (QED) is 0.448. The van der Waals surface area contributed by atoms with E-state index in [-0.39, 0.29) is 6.61 Å². The van der Waals surface area contributed by atoms with E-state index in [0.29, 0.717) is 28.3 Å². The number of nitrogens with zero attached hydrogens (tertiary/aromatic N) is 2. The van der Waals surface area contributed by atoms with Gasteiger partial charge in [-0.15, -0.1) is 0 Å².